The molecule has 7 heteroatoms. The van der Waals surface area contributed by atoms with Crippen molar-refractivity contribution in [3.63, 3.8) is 0 Å². The summed E-state index contributed by atoms with van der Waals surface area (Å²) < 4.78 is 9.76. The quantitative estimate of drug-likeness (QED) is 0.500. The lowest BCUT2D eigenvalue weighted by Crippen LogP contribution is -2.42. The van der Waals surface area contributed by atoms with Crippen molar-refractivity contribution < 1.29 is 23.9 Å². The molecule has 2 rings (SSSR count). The molecular weight excluding hydrogens is 270 g/mol. The van der Waals surface area contributed by atoms with E-state index >= 15 is 0 Å². The first kappa shape index (κ1) is 13.3. The fourth-order valence-electron chi connectivity index (χ4n) is 1.40. The Hall–Kier alpha value is -2.15. The minimum absolute atomic E-state index is 0.343. The summed E-state index contributed by atoms with van der Waals surface area (Å²) in [5.74, 6) is -3.35. The van der Waals surface area contributed by atoms with E-state index in [9.17, 15) is 14.4 Å². The van der Waals surface area contributed by atoms with Crippen LogP contribution in [-0.4, -0.2) is 23.6 Å². The fraction of sp³-hybridized carbons (Fsp3) is 0.250. The molecule has 0 unspecified atom stereocenters. The predicted molar refractivity (Wildman–Crippen MR) is 66.1 cm³/mol. The average Bonchev–Trinajstić information content (AvgIpc) is 2.79. The summed E-state index contributed by atoms with van der Waals surface area (Å²) in [5.41, 5.74) is -0.343. The van der Waals surface area contributed by atoms with Gasteiger partial charge in [0.1, 0.15) is 0 Å². The number of hydrogen-bond acceptors (Lipinski definition) is 6. The van der Waals surface area contributed by atoms with Crippen molar-refractivity contribution in [2.24, 2.45) is 0 Å². The Morgan fingerprint density at radius 3 is 2.47 bits per heavy atom. The second-order valence-electron chi connectivity index (χ2n) is 4.19. The topological polar surface area (TPSA) is 81.7 Å². The Balaban J connectivity index is 2.09. The van der Waals surface area contributed by atoms with Crippen LogP contribution in [0.1, 0.15) is 23.5 Å². The van der Waals surface area contributed by atoms with E-state index < -0.39 is 23.6 Å². The summed E-state index contributed by atoms with van der Waals surface area (Å²) >= 11 is 1.25. The second kappa shape index (κ2) is 4.85. The zero-order valence-electron chi connectivity index (χ0n) is 10.3. The molecule has 1 aliphatic heterocycles. The molecule has 0 bridgehead atoms. The van der Waals surface area contributed by atoms with Crippen LogP contribution in [0.4, 0.5) is 0 Å². The number of ether oxygens (including phenoxy) is 2. The molecule has 0 spiro atoms. The van der Waals surface area contributed by atoms with E-state index in [2.05, 4.69) is 5.32 Å². The van der Waals surface area contributed by atoms with Crippen LogP contribution in [0, 0.1) is 0 Å². The third-order valence-corrected chi connectivity index (χ3v) is 3.08. The monoisotopic (exact) mass is 281 g/mol. The average molecular weight is 281 g/mol. The molecule has 0 saturated carbocycles. The summed E-state index contributed by atoms with van der Waals surface area (Å²) in [6.45, 7) is 2.90. The number of rotatable bonds is 2. The SMILES string of the molecule is CC1(C)OC(=O)C(=CNC(=O)c2cccs2)C(=O)O1. The lowest BCUT2D eigenvalue weighted by Gasteiger charge is -2.29. The van der Waals surface area contributed by atoms with Gasteiger partial charge in [-0.25, -0.2) is 9.59 Å². The van der Waals surface area contributed by atoms with Crippen molar-refractivity contribution in [2.75, 3.05) is 0 Å². The van der Waals surface area contributed by atoms with Crippen LogP contribution < -0.4 is 5.32 Å². The van der Waals surface area contributed by atoms with Crippen LogP contribution in [0.3, 0.4) is 0 Å². The highest BCUT2D eigenvalue weighted by Crippen LogP contribution is 2.22. The predicted octanol–water partition coefficient (Wildman–Crippen LogP) is 1.20. The molecule has 0 aromatic carbocycles. The lowest BCUT2D eigenvalue weighted by atomic mass is 10.2. The largest absolute Gasteiger partial charge is 0.419 e. The van der Waals surface area contributed by atoms with Crippen molar-refractivity contribution in [3.05, 3.63) is 34.2 Å². The zero-order valence-corrected chi connectivity index (χ0v) is 11.1. The van der Waals surface area contributed by atoms with Crippen LogP contribution in [0.15, 0.2) is 29.3 Å². The van der Waals surface area contributed by atoms with Crippen LogP contribution >= 0.6 is 11.3 Å². The number of thiophene rings is 1. The van der Waals surface area contributed by atoms with E-state index in [1.54, 1.807) is 17.5 Å². The first-order valence-corrected chi connectivity index (χ1v) is 6.28. The summed E-state index contributed by atoms with van der Waals surface area (Å²) in [7, 11) is 0. The number of cyclic esters (lactones) is 2. The summed E-state index contributed by atoms with van der Waals surface area (Å²) in [4.78, 5) is 35.3. The number of esters is 2. The Labute approximate surface area is 113 Å². The standard InChI is InChI=1S/C12H11NO5S/c1-12(2)17-10(15)7(11(16)18-12)6-13-9(14)8-4-3-5-19-8/h3-6H,1-2H3,(H,13,14). The third kappa shape index (κ3) is 3.00. The number of carbonyl (C=O) groups excluding carboxylic acids is 3. The molecule has 1 amide bonds. The number of amides is 1. The van der Waals surface area contributed by atoms with Crippen LogP contribution in [0.25, 0.3) is 0 Å². The minimum atomic E-state index is -1.29. The van der Waals surface area contributed by atoms with Gasteiger partial charge in [-0.1, -0.05) is 6.07 Å². The molecular formula is C12H11NO5S. The molecule has 1 N–H and O–H groups in total. The van der Waals surface area contributed by atoms with E-state index in [0.29, 0.717) is 4.88 Å². The van der Waals surface area contributed by atoms with Gasteiger partial charge in [0.15, 0.2) is 5.57 Å². The van der Waals surface area contributed by atoms with Gasteiger partial charge in [-0.05, 0) is 11.4 Å². The molecule has 19 heavy (non-hydrogen) atoms. The molecule has 1 aliphatic rings. The maximum absolute atomic E-state index is 11.6. The molecule has 0 atom stereocenters. The zero-order chi connectivity index (χ0) is 14.0. The van der Waals surface area contributed by atoms with Crippen LogP contribution in [0.2, 0.25) is 0 Å². The molecule has 0 radical (unpaired) electrons. The van der Waals surface area contributed by atoms with Gasteiger partial charge >= 0.3 is 11.9 Å². The summed E-state index contributed by atoms with van der Waals surface area (Å²) in [6, 6.07) is 3.34. The molecule has 100 valence electrons. The van der Waals surface area contributed by atoms with E-state index in [1.165, 1.54) is 25.2 Å². The first-order chi connectivity index (χ1) is 8.89. The molecule has 1 aromatic rings. The molecule has 6 nitrogen and oxygen atoms in total. The Kier molecular flexibility index (Phi) is 3.39. The van der Waals surface area contributed by atoms with Crippen molar-refractivity contribution in [1.29, 1.82) is 0 Å². The number of carbonyl (C=O) groups is 3. The van der Waals surface area contributed by atoms with Gasteiger partial charge in [0.2, 0.25) is 0 Å². The maximum atomic E-state index is 11.6. The van der Waals surface area contributed by atoms with Crippen molar-refractivity contribution in [1.82, 2.24) is 5.32 Å². The van der Waals surface area contributed by atoms with E-state index in [-0.39, 0.29) is 5.57 Å². The normalized spacial score (nSPS) is 17.5. The maximum Gasteiger partial charge on any atom is 0.350 e. The molecule has 0 aliphatic carbocycles. The third-order valence-electron chi connectivity index (χ3n) is 2.21. The van der Waals surface area contributed by atoms with Crippen molar-refractivity contribution in [3.8, 4) is 0 Å². The number of hydrogen-bond donors (Lipinski definition) is 1. The van der Waals surface area contributed by atoms with Crippen LogP contribution in [-0.2, 0) is 19.1 Å². The lowest BCUT2D eigenvalue weighted by molar-refractivity contribution is -0.222. The second-order valence-corrected chi connectivity index (χ2v) is 5.14. The minimum Gasteiger partial charge on any atom is -0.419 e. The summed E-state index contributed by atoms with van der Waals surface area (Å²) in [6.07, 6.45) is 1.00. The number of nitrogens with one attached hydrogen (secondary N) is 1. The van der Waals surface area contributed by atoms with E-state index in [4.69, 9.17) is 9.47 Å². The molecule has 1 fully saturated rings. The summed E-state index contributed by atoms with van der Waals surface area (Å²) in [5, 5.41) is 4.09. The highest BCUT2D eigenvalue weighted by atomic mass is 32.1. The van der Waals surface area contributed by atoms with Gasteiger partial charge in [0, 0.05) is 20.0 Å². The van der Waals surface area contributed by atoms with Gasteiger partial charge in [0.25, 0.3) is 11.7 Å². The van der Waals surface area contributed by atoms with Gasteiger partial charge < -0.3 is 14.8 Å². The van der Waals surface area contributed by atoms with Crippen LogP contribution in [0.5, 0.6) is 0 Å². The molecule has 2 heterocycles. The van der Waals surface area contributed by atoms with E-state index in [1.807, 2.05) is 0 Å². The highest BCUT2D eigenvalue weighted by Gasteiger charge is 2.39. The highest BCUT2D eigenvalue weighted by molar-refractivity contribution is 7.12. The van der Waals surface area contributed by atoms with Gasteiger partial charge in [-0.2, -0.15) is 0 Å². The van der Waals surface area contributed by atoms with Crippen molar-refractivity contribution >= 4 is 29.2 Å². The molecule has 1 aromatic heterocycles. The van der Waals surface area contributed by atoms with Gasteiger partial charge in [-0.15, -0.1) is 11.3 Å². The first-order valence-electron chi connectivity index (χ1n) is 5.40. The Bertz CT molecular complexity index is 537. The van der Waals surface area contributed by atoms with Gasteiger partial charge in [-0.3, -0.25) is 4.79 Å². The van der Waals surface area contributed by atoms with E-state index in [0.717, 1.165) is 6.20 Å². The van der Waals surface area contributed by atoms with Crippen molar-refractivity contribution in [2.45, 2.75) is 19.6 Å². The fourth-order valence-corrected chi connectivity index (χ4v) is 2.02. The molecule has 1 saturated heterocycles. The smallest absolute Gasteiger partial charge is 0.350 e. The van der Waals surface area contributed by atoms with Gasteiger partial charge in [0.05, 0.1) is 4.88 Å². The Morgan fingerprint density at radius 2 is 1.95 bits per heavy atom. The Morgan fingerprint density at radius 1 is 1.32 bits per heavy atom.